The molecule has 1 unspecified atom stereocenters. The molecule has 0 bridgehead atoms. The molecule has 2 aromatic rings. The lowest BCUT2D eigenvalue weighted by molar-refractivity contribution is -0.0597. The van der Waals surface area contributed by atoms with Crippen molar-refractivity contribution in [1.29, 1.82) is 0 Å². The molecule has 124 valence electrons. The van der Waals surface area contributed by atoms with E-state index in [0.717, 1.165) is 49.6 Å². The molecule has 0 spiro atoms. The molecule has 0 amide bonds. The first-order chi connectivity index (χ1) is 11.0. The second kappa shape index (κ2) is 6.66. The summed E-state index contributed by atoms with van der Waals surface area (Å²) >= 11 is 0. The van der Waals surface area contributed by atoms with Gasteiger partial charge >= 0.3 is 0 Å². The highest BCUT2D eigenvalue weighted by molar-refractivity contribution is 5.42. The van der Waals surface area contributed by atoms with Crippen LogP contribution >= 0.6 is 0 Å². The van der Waals surface area contributed by atoms with Gasteiger partial charge in [-0.25, -0.2) is 4.98 Å². The summed E-state index contributed by atoms with van der Waals surface area (Å²) in [6, 6.07) is 4.00. The van der Waals surface area contributed by atoms with Crippen molar-refractivity contribution < 1.29 is 4.74 Å². The van der Waals surface area contributed by atoms with E-state index in [9.17, 15) is 0 Å². The maximum absolute atomic E-state index is 5.78. The number of aryl methyl sites for hydroxylation is 1. The van der Waals surface area contributed by atoms with Crippen LogP contribution in [0.25, 0.3) is 0 Å². The van der Waals surface area contributed by atoms with Crippen LogP contribution in [0, 0.1) is 6.92 Å². The van der Waals surface area contributed by atoms with Crippen molar-refractivity contribution >= 4 is 5.82 Å². The summed E-state index contributed by atoms with van der Waals surface area (Å²) < 4.78 is 7.68. The standard InChI is InChI=1S/C17H25N5O/c1-13-5-4-7-18-16(13)19-8-9-22-12-15(20-21-22)14-6-10-23-17(2,3)11-14/h4-5,7,12,14H,6,8-11H2,1-3H3,(H,18,19). The second-order valence-corrected chi connectivity index (χ2v) is 6.80. The highest BCUT2D eigenvalue weighted by atomic mass is 16.5. The summed E-state index contributed by atoms with van der Waals surface area (Å²) in [5, 5.41) is 12.0. The molecule has 0 aliphatic carbocycles. The number of aromatic nitrogens is 4. The van der Waals surface area contributed by atoms with Crippen LogP contribution in [0.5, 0.6) is 0 Å². The van der Waals surface area contributed by atoms with Gasteiger partial charge in [-0.1, -0.05) is 11.3 Å². The normalized spacial score (nSPS) is 20.4. The molecule has 1 N–H and O–H groups in total. The van der Waals surface area contributed by atoms with Crippen molar-refractivity contribution in [1.82, 2.24) is 20.0 Å². The molecule has 1 fully saturated rings. The predicted octanol–water partition coefficient (Wildman–Crippen LogP) is 2.77. The average molecular weight is 315 g/mol. The van der Waals surface area contributed by atoms with E-state index in [4.69, 9.17) is 4.74 Å². The maximum atomic E-state index is 5.78. The highest BCUT2D eigenvalue weighted by Gasteiger charge is 2.31. The third kappa shape index (κ3) is 4.07. The molecule has 3 rings (SSSR count). The molecule has 1 aliphatic heterocycles. The highest BCUT2D eigenvalue weighted by Crippen LogP contribution is 2.34. The van der Waals surface area contributed by atoms with E-state index in [1.807, 2.05) is 10.7 Å². The van der Waals surface area contributed by atoms with Crippen LogP contribution in [0.15, 0.2) is 24.5 Å². The van der Waals surface area contributed by atoms with Crippen LogP contribution in [-0.4, -0.2) is 38.7 Å². The maximum Gasteiger partial charge on any atom is 0.128 e. The monoisotopic (exact) mass is 315 g/mol. The Kier molecular flexibility index (Phi) is 4.61. The molecule has 3 heterocycles. The fourth-order valence-corrected chi connectivity index (χ4v) is 3.05. The van der Waals surface area contributed by atoms with Gasteiger partial charge in [0.15, 0.2) is 0 Å². The third-order valence-corrected chi connectivity index (χ3v) is 4.31. The molecule has 1 saturated heterocycles. The molecule has 23 heavy (non-hydrogen) atoms. The summed E-state index contributed by atoms with van der Waals surface area (Å²) in [5.41, 5.74) is 2.16. The largest absolute Gasteiger partial charge is 0.376 e. The minimum atomic E-state index is -0.0647. The van der Waals surface area contributed by atoms with Crippen molar-refractivity contribution in [3.8, 4) is 0 Å². The molecule has 0 radical (unpaired) electrons. The molecule has 0 saturated carbocycles. The zero-order valence-electron chi connectivity index (χ0n) is 14.1. The van der Waals surface area contributed by atoms with Gasteiger partial charge in [-0.2, -0.15) is 0 Å². The Morgan fingerprint density at radius 3 is 3.09 bits per heavy atom. The van der Waals surface area contributed by atoms with Gasteiger partial charge in [0.1, 0.15) is 5.82 Å². The number of nitrogens with zero attached hydrogens (tertiary/aromatic N) is 4. The van der Waals surface area contributed by atoms with Crippen LogP contribution in [0.2, 0.25) is 0 Å². The van der Waals surface area contributed by atoms with E-state index in [1.165, 1.54) is 0 Å². The molecule has 6 nitrogen and oxygen atoms in total. The fourth-order valence-electron chi connectivity index (χ4n) is 3.05. The topological polar surface area (TPSA) is 64.9 Å². The minimum Gasteiger partial charge on any atom is -0.376 e. The molecule has 1 aliphatic rings. The lowest BCUT2D eigenvalue weighted by Crippen LogP contribution is -2.33. The first-order valence-electron chi connectivity index (χ1n) is 8.23. The van der Waals surface area contributed by atoms with Gasteiger partial charge in [-0.05, 0) is 45.2 Å². The van der Waals surface area contributed by atoms with Gasteiger partial charge in [-0.3, -0.25) is 4.68 Å². The first-order valence-corrected chi connectivity index (χ1v) is 8.23. The molecule has 2 aromatic heterocycles. The molecular formula is C17H25N5O. The smallest absolute Gasteiger partial charge is 0.128 e. The number of ether oxygens (including phenoxy) is 1. The van der Waals surface area contributed by atoms with Crippen molar-refractivity contribution in [2.75, 3.05) is 18.5 Å². The van der Waals surface area contributed by atoms with Gasteiger partial charge in [0, 0.05) is 31.5 Å². The van der Waals surface area contributed by atoms with Gasteiger partial charge in [0.25, 0.3) is 0 Å². The van der Waals surface area contributed by atoms with Crippen molar-refractivity contribution in [3.63, 3.8) is 0 Å². The van der Waals surface area contributed by atoms with Gasteiger partial charge in [0.05, 0.1) is 17.8 Å². The molecule has 1 atom stereocenters. The summed E-state index contributed by atoms with van der Waals surface area (Å²) in [6.45, 7) is 8.68. The van der Waals surface area contributed by atoms with Crippen molar-refractivity contribution in [2.45, 2.75) is 51.7 Å². The van der Waals surface area contributed by atoms with Crippen molar-refractivity contribution in [2.24, 2.45) is 0 Å². The fraction of sp³-hybridized carbons (Fsp3) is 0.588. The van der Waals surface area contributed by atoms with E-state index in [1.54, 1.807) is 6.20 Å². The second-order valence-electron chi connectivity index (χ2n) is 6.80. The summed E-state index contributed by atoms with van der Waals surface area (Å²) in [6.07, 6.45) is 5.89. The molecular weight excluding hydrogens is 290 g/mol. The number of pyridine rings is 1. The van der Waals surface area contributed by atoms with Crippen LogP contribution < -0.4 is 5.32 Å². The Bertz CT molecular complexity index is 652. The minimum absolute atomic E-state index is 0.0647. The summed E-state index contributed by atoms with van der Waals surface area (Å²) in [4.78, 5) is 4.33. The summed E-state index contributed by atoms with van der Waals surface area (Å²) in [7, 11) is 0. The summed E-state index contributed by atoms with van der Waals surface area (Å²) in [5.74, 6) is 1.37. The lowest BCUT2D eigenvalue weighted by atomic mass is 9.86. The Morgan fingerprint density at radius 1 is 1.43 bits per heavy atom. The van der Waals surface area contributed by atoms with Gasteiger partial charge in [0.2, 0.25) is 0 Å². The van der Waals surface area contributed by atoms with Gasteiger partial charge < -0.3 is 10.1 Å². The quantitative estimate of drug-likeness (QED) is 0.919. The average Bonchev–Trinajstić information content (AvgIpc) is 2.97. The van der Waals surface area contributed by atoms with Gasteiger partial charge in [-0.15, -0.1) is 5.10 Å². The van der Waals surface area contributed by atoms with Crippen LogP contribution in [0.3, 0.4) is 0 Å². The zero-order valence-corrected chi connectivity index (χ0v) is 14.1. The number of hydrogen-bond acceptors (Lipinski definition) is 5. The van der Waals surface area contributed by atoms with E-state index < -0.39 is 0 Å². The SMILES string of the molecule is Cc1cccnc1NCCn1cc(C2CCOC(C)(C)C2)nn1. The number of nitrogens with one attached hydrogen (secondary N) is 1. The van der Waals surface area contributed by atoms with Crippen molar-refractivity contribution in [3.05, 3.63) is 35.8 Å². The Balaban J connectivity index is 1.54. The van der Waals surface area contributed by atoms with Crippen LogP contribution in [0.4, 0.5) is 5.82 Å². The van der Waals surface area contributed by atoms with E-state index in [-0.39, 0.29) is 5.60 Å². The van der Waals surface area contributed by atoms with Crippen LogP contribution in [-0.2, 0) is 11.3 Å². The lowest BCUT2D eigenvalue weighted by Gasteiger charge is -2.34. The molecule has 0 aromatic carbocycles. The predicted molar refractivity (Wildman–Crippen MR) is 89.5 cm³/mol. The van der Waals surface area contributed by atoms with E-state index in [0.29, 0.717) is 5.92 Å². The Hall–Kier alpha value is -1.95. The molecule has 6 heteroatoms. The number of rotatable bonds is 5. The zero-order chi connectivity index (χ0) is 16.3. The Labute approximate surface area is 137 Å². The number of anilines is 1. The first kappa shape index (κ1) is 15.9. The Morgan fingerprint density at radius 2 is 2.30 bits per heavy atom. The number of hydrogen-bond donors (Lipinski definition) is 1. The van der Waals surface area contributed by atoms with E-state index in [2.05, 4.69) is 53.6 Å². The van der Waals surface area contributed by atoms with E-state index >= 15 is 0 Å². The third-order valence-electron chi connectivity index (χ3n) is 4.31. The van der Waals surface area contributed by atoms with Crippen LogP contribution in [0.1, 0.15) is 43.9 Å².